The van der Waals surface area contributed by atoms with Crippen LogP contribution in [0.4, 0.5) is 11.4 Å². The van der Waals surface area contributed by atoms with E-state index in [-0.39, 0.29) is 22.0 Å². The second kappa shape index (κ2) is 5.80. The summed E-state index contributed by atoms with van der Waals surface area (Å²) in [7, 11) is 1.45. The number of phenolic OH excluding ortho intramolecular Hbond substituents is 1. The van der Waals surface area contributed by atoms with Gasteiger partial charge in [0, 0.05) is 24.9 Å². The van der Waals surface area contributed by atoms with Crippen LogP contribution in [0.5, 0.6) is 5.75 Å². The monoisotopic (exact) mass is 306 g/mol. The lowest BCUT2D eigenvalue weighted by Crippen LogP contribution is -2.27. The van der Waals surface area contributed by atoms with Gasteiger partial charge in [0.2, 0.25) is 0 Å². The molecule has 0 atom stereocenters. The smallest absolute Gasteiger partial charge is 0.283 e. The second-order valence-corrected chi connectivity index (χ2v) is 4.68. The fourth-order valence-corrected chi connectivity index (χ4v) is 2.11. The summed E-state index contributed by atoms with van der Waals surface area (Å²) in [4.78, 5) is 24.0. The maximum atomic E-state index is 12.5. The number of anilines is 1. The molecule has 2 aromatic rings. The van der Waals surface area contributed by atoms with E-state index in [1.165, 1.54) is 42.3 Å². The highest BCUT2D eigenvalue weighted by Gasteiger charge is 2.26. The molecule has 0 aromatic heterocycles. The van der Waals surface area contributed by atoms with Crippen LogP contribution in [-0.2, 0) is 0 Å². The number of carbonyl (C=O) groups excluding carboxylic acids is 1. The molecule has 2 aromatic carbocycles. The van der Waals surface area contributed by atoms with Gasteiger partial charge >= 0.3 is 0 Å². The molecular formula is C14H11ClN2O4. The minimum Gasteiger partial charge on any atom is -0.508 e. The number of hydrogen-bond donors (Lipinski definition) is 1. The highest BCUT2D eigenvalue weighted by molar-refractivity contribution is 6.35. The van der Waals surface area contributed by atoms with E-state index in [0.717, 1.165) is 0 Å². The molecule has 0 saturated heterocycles. The summed E-state index contributed by atoms with van der Waals surface area (Å²) in [6, 6.07) is 10.0. The van der Waals surface area contributed by atoms with Gasteiger partial charge in [0.1, 0.15) is 11.3 Å². The Morgan fingerprint density at radius 1 is 1.29 bits per heavy atom. The average molecular weight is 307 g/mol. The first kappa shape index (κ1) is 14.8. The molecule has 0 fully saturated rings. The largest absolute Gasteiger partial charge is 0.508 e. The SMILES string of the molecule is CN(C(=O)c1c(Cl)cccc1[N+](=O)[O-])c1cccc(O)c1. The number of carbonyl (C=O) groups is 1. The Morgan fingerprint density at radius 3 is 2.57 bits per heavy atom. The normalized spacial score (nSPS) is 10.2. The van der Waals surface area contributed by atoms with Gasteiger partial charge in [-0.3, -0.25) is 14.9 Å². The van der Waals surface area contributed by atoms with Gasteiger partial charge in [0.25, 0.3) is 11.6 Å². The summed E-state index contributed by atoms with van der Waals surface area (Å²) in [6.07, 6.45) is 0. The number of nitro benzene ring substituents is 1. The first-order valence-corrected chi connectivity index (χ1v) is 6.29. The molecule has 7 heteroatoms. The zero-order valence-corrected chi connectivity index (χ0v) is 11.7. The van der Waals surface area contributed by atoms with E-state index in [1.807, 2.05) is 0 Å². The van der Waals surface area contributed by atoms with Crippen molar-refractivity contribution in [2.75, 3.05) is 11.9 Å². The molecule has 21 heavy (non-hydrogen) atoms. The summed E-state index contributed by atoms with van der Waals surface area (Å²) >= 11 is 5.93. The lowest BCUT2D eigenvalue weighted by molar-refractivity contribution is -0.385. The van der Waals surface area contributed by atoms with Gasteiger partial charge in [-0.05, 0) is 18.2 Å². The van der Waals surface area contributed by atoms with Crippen LogP contribution in [0.2, 0.25) is 5.02 Å². The number of rotatable bonds is 3. The molecule has 1 N–H and O–H groups in total. The maximum absolute atomic E-state index is 12.5. The van der Waals surface area contributed by atoms with Crippen molar-refractivity contribution in [2.45, 2.75) is 0 Å². The molecule has 0 saturated carbocycles. The fourth-order valence-electron chi connectivity index (χ4n) is 1.86. The van der Waals surface area contributed by atoms with Crippen LogP contribution in [-0.4, -0.2) is 23.0 Å². The van der Waals surface area contributed by atoms with Gasteiger partial charge in [-0.1, -0.05) is 23.7 Å². The Hall–Kier alpha value is -2.60. The molecule has 0 heterocycles. The third kappa shape index (κ3) is 2.95. The first-order valence-electron chi connectivity index (χ1n) is 5.92. The minimum absolute atomic E-state index is 0.00111. The van der Waals surface area contributed by atoms with Gasteiger partial charge in [-0.15, -0.1) is 0 Å². The molecule has 108 valence electrons. The van der Waals surface area contributed by atoms with E-state index in [4.69, 9.17) is 11.6 Å². The first-order chi connectivity index (χ1) is 9.91. The van der Waals surface area contributed by atoms with Crippen molar-refractivity contribution in [1.29, 1.82) is 0 Å². The van der Waals surface area contributed by atoms with Crippen LogP contribution in [0.15, 0.2) is 42.5 Å². The van der Waals surface area contributed by atoms with Crippen molar-refractivity contribution >= 4 is 28.9 Å². The molecule has 6 nitrogen and oxygen atoms in total. The molecule has 0 spiro atoms. The predicted octanol–water partition coefficient (Wildman–Crippen LogP) is 3.23. The number of benzene rings is 2. The molecule has 1 amide bonds. The molecule has 0 aliphatic heterocycles. The number of aromatic hydroxyl groups is 1. The molecule has 0 unspecified atom stereocenters. The fraction of sp³-hybridized carbons (Fsp3) is 0.0714. The Bertz CT molecular complexity index is 718. The van der Waals surface area contributed by atoms with Crippen LogP contribution in [0.25, 0.3) is 0 Å². The summed E-state index contributed by atoms with van der Waals surface area (Å²) in [5, 5.41) is 20.5. The van der Waals surface area contributed by atoms with Crippen molar-refractivity contribution in [2.24, 2.45) is 0 Å². The van der Waals surface area contributed by atoms with Crippen molar-refractivity contribution < 1.29 is 14.8 Å². The third-order valence-electron chi connectivity index (χ3n) is 2.92. The summed E-state index contributed by atoms with van der Waals surface area (Å²) < 4.78 is 0. The van der Waals surface area contributed by atoms with Crippen LogP contribution in [0, 0.1) is 10.1 Å². The van der Waals surface area contributed by atoms with Crippen molar-refractivity contribution in [1.82, 2.24) is 0 Å². The van der Waals surface area contributed by atoms with Gasteiger partial charge in [0.05, 0.1) is 9.95 Å². The molecule has 0 aliphatic rings. The average Bonchev–Trinajstić information content (AvgIpc) is 2.45. The van der Waals surface area contributed by atoms with E-state index in [1.54, 1.807) is 12.1 Å². The van der Waals surface area contributed by atoms with E-state index in [0.29, 0.717) is 5.69 Å². The van der Waals surface area contributed by atoms with E-state index < -0.39 is 10.8 Å². The number of hydrogen-bond acceptors (Lipinski definition) is 4. The van der Waals surface area contributed by atoms with Crippen LogP contribution in [0.1, 0.15) is 10.4 Å². The van der Waals surface area contributed by atoms with Crippen molar-refractivity contribution in [3.63, 3.8) is 0 Å². The number of nitrogens with zero attached hydrogens (tertiary/aromatic N) is 2. The van der Waals surface area contributed by atoms with Crippen LogP contribution >= 0.6 is 11.6 Å². The Morgan fingerprint density at radius 2 is 1.95 bits per heavy atom. The van der Waals surface area contributed by atoms with Gasteiger partial charge in [-0.2, -0.15) is 0 Å². The van der Waals surface area contributed by atoms with Crippen molar-refractivity contribution in [3.05, 3.63) is 63.2 Å². The van der Waals surface area contributed by atoms with E-state index in [9.17, 15) is 20.0 Å². The van der Waals surface area contributed by atoms with Crippen LogP contribution < -0.4 is 4.90 Å². The number of phenols is 1. The topological polar surface area (TPSA) is 83.7 Å². The number of nitro groups is 1. The van der Waals surface area contributed by atoms with E-state index in [2.05, 4.69) is 0 Å². The summed E-state index contributed by atoms with van der Waals surface area (Å²) in [5.74, 6) is -0.640. The zero-order valence-electron chi connectivity index (χ0n) is 11.0. The predicted molar refractivity (Wildman–Crippen MR) is 78.9 cm³/mol. The van der Waals surface area contributed by atoms with Crippen molar-refractivity contribution in [3.8, 4) is 5.75 Å². The zero-order chi connectivity index (χ0) is 15.6. The summed E-state index contributed by atoms with van der Waals surface area (Å²) in [5.41, 5.74) is -0.149. The van der Waals surface area contributed by atoms with Gasteiger partial charge in [0.15, 0.2) is 0 Å². The summed E-state index contributed by atoms with van der Waals surface area (Å²) in [6.45, 7) is 0. The van der Waals surface area contributed by atoms with Gasteiger partial charge in [-0.25, -0.2) is 0 Å². The highest BCUT2D eigenvalue weighted by atomic mass is 35.5. The Balaban J connectivity index is 2.47. The molecule has 2 rings (SSSR count). The Labute approximate surface area is 125 Å². The van der Waals surface area contributed by atoms with Crippen LogP contribution in [0.3, 0.4) is 0 Å². The quantitative estimate of drug-likeness (QED) is 0.697. The molecular weight excluding hydrogens is 296 g/mol. The highest BCUT2D eigenvalue weighted by Crippen LogP contribution is 2.29. The third-order valence-corrected chi connectivity index (χ3v) is 3.24. The number of halogens is 1. The van der Waals surface area contributed by atoms with E-state index >= 15 is 0 Å². The molecule has 0 bridgehead atoms. The standard InChI is InChI=1S/C14H11ClN2O4/c1-16(9-4-2-5-10(18)8-9)14(19)13-11(15)6-3-7-12(13)17(20)21/h2-8,18H,1H3. The maximum Gasteiger partial charge on any atom is 0.283 e. The van der Waals surface area contributed by atoms with Gasteiger partial charge < -0.3 is 10.0 Å². The Kier molecular flexibility index (Phi) is 4.09. The lowest BCUT2D eigenvalue weighted by Gasteiger charge is -2.18. The number of amides is 1. The second-order valence-electron chi connectivity index (χ2n) is 4.28. The lowest BCUT2D eigenvalue weighted by atomic mass is 10.1. The minimum atomic E-state index is -0.657. The molecule has 0 aliphatic carbocycles. The molecule has 0 radical (unpaired) electrons.